The van der Waals surface area contributed by atoms with E-state index in [1.165, 1.54) is 6.07 Å². The summed E-state index contributed by atoms with van der Waals surface area (Å²) in [5.41, 5.74) is 2.17. The number of aromatic nitrogens is 2. The van der Waals surface area contributed by atoms with E-state index in [1.807, 2.05) is 6.92 Å². The average Bonchev–Trinajstić information content (AvgIpc) is 3.08. The van der Waals surface area contributed by atoms with Gasteiger partial charge in [-0.2, -0.15) is 5.10 Å². The minimum atomic E-state index is -3.05. The maximum absolute atomic E-state index is 12.2. The number of aryl methyl sites for hydroxylation is 1. The van der Waals surface area contributed by atoms with Crippen LogP contribution in [0.5, 0.6) is 5.75 Å². The Hall–Kier alpha value is -2.35. The fourth-order valence-electron chi connectivity index (χ4n) is 2.60. The Kier molecular flexibility index (Phi) is 3.85. The molecule has 3 rings (SSSR count). The molecule has 1 aliphatic rings. The number of hydrogen-bond donors (Lipinski definition) is 3. The Morgan fingerprint density at radius 2 is 2.17 bits per heavy atom. The zero-order valence-corrected chi connectivity index (χ0v) is 13.4. The van der Waals surface area contributed by atoms with E-state index >= 15 is 0 Å². The number of phenolic OH excluding ortho intramolecular Hbond substituents is 1. The highest BCUT2D eigenvalue weighted by Crippen LogP contribution is 2.28. The molecule has 3 N–H and O–H groups in total. The van der Waals surface area contributed by atoms with E-state index in [1.54, 1.807) is 18.2 Å². The van der Waals surface area contributed by atoms with E-state index in [2.05, 4.69) is 15.5 Å². The molecular weight excluding hydrogens is 318 g/mol. The minimum Gasteiger partial charge on any atom is -0.507 e. The van der Waals surface area contributed by atoms with Crippen molar-refractivity contribution in [3.05, 3.63) is 35.5 Å². The van der Waals surface area contributed by atoms with Gasteiger partial charge in [0.15, 0.2) is 9.84 Å². The second kappa shape index (κ2) is 5.69. The van der Waals surface area contributed by atoms with Crippen LogP contribution in [0.2, 0.25) is 0 Å². The standard InChI is InChI=1S/C15H17N3O4S/c1-9-2-3-14(19)11(6-9)12-7-13(18-17-12)15(20)16-10-4-5-23(21,22)8-10/h2-3,6-7,10,19H,4-5,8H2,1H3,(H,16,20)(H,17,18). The van der Waals surface area contributed by atoms with Gasteiger partial charge in [-0.05, 0) is 31.5 Å². The molecule has 1 amide bonds. The van der Waals surface area contributed by atoms with E-state index in [-0.39, 0.29) is 29.0 Å². The van der Waals surface area contributed by atoms with Crippen LogP contribution in [0, 0.1) is 6.92 Å². The van der Waals surface area contributed by atoms with Crippen molar-refractivity contribution in [1.82, 2.24) is 15.5 Å². The topological polar surface area (TPSA) is 112 Å². The van der Waals surface area contributed by atoms with Crippen molar-refractivity contribution in [2.24, 2.45) is 0 Å². The van der Waals surface area contributed by atoms with E-state index in [0.717, 1.165) is 5.56 Å². The summed E-state index contributed by atoms with van der Waals surface area (Å²) in [7, 11) is -3.05. The summed E-state index contributed by atoms with van der Waals surface area (Å²) < 4.78 is 22.8. The van der Waals surface area contributed by atoms with Crippen molar-refractivity contribution in [3.63, 3.8) is 0 Å². The summed E-state index contributed by atoms with van der Waals surface area (Å²) in [5.74, 6) is -0.254. The molecule has 1 aliphatic heterocycles. The first-order valence-electron chi connectivity index (χ1n) is 7.21. The molecule has 0 aliphatic carbocycles. The fraction of sp³-hybridized carbons (Fsp3) is 0.333. The molecule has 122 valence electrons. The third kappa shape index (κ3) is 3.37. The molecule has 0 radical (unpaired) electrons. The number of aromatic amines is 1. The Morgan fingerprint density at radius 1 is 1.39 bits per heavy atom. The van der Waals surface area contributed by atoms with Gasteiger partial charge in [-0.25, -0.2) is 8.42 Å². The van der Waals surface area contributed by atoms with Gasteiger partial charge in [0, 0.05) is 11.6 Å². The molecule has 0 bridgehead atoms. The van der Waals surface area contributed by atoms with Crippen LogP contribution in [0.3, 0.4) is 0 Å². The highest BCUT2D eigenvalue weighted by Gasteiger charge is 2.29. The second-order valence-corrected chi connectivity index (χ2v) is 7.99. The lowest BCUT2D eigenvalue weighted by molar-refractivity contribution is 0.0936. The van der Waals surface area contributed by atoms with E-state index in [0.29, 0.717) is 17.7 Å². The van der Waals surface area contributed by atoms with Gasteiger partial charge < -0.3 is 10.4 Å². The number of benzene rings is 1. The molecule has 1 atom stereocenters. The number of amides is 1. The second-order valence-electron chi connectivity index (χ2n) is 5.76. The maximum Gasteiger partial charge on any atom is 0.269 e. The molecule has 1 aromatic heterocycles. The number of phenols is 1. The van der Waals surface area contributed by atoms with Crippen LogP contribution >= 0.6 is 0 Å². The largest absolute Gasteiger partial charge is 0.507 e. The van der Waals surface area contributed by atoms with E-state index < -0.39 is 15.7 Å². The lowest BCUT2D eigenvalue weighted by atomic mass is 10.1. The predicted molar refractivity (Wildman–Crippen MR) is 85.0 cm³/mol. The number of H-pyrrole nitrogens is 1. The number of hydrogen-bond acceptors (Lipinski definition) is 5. The molecule has 1 saturated heterocycles. The minimum absolute atomic E-state index is 0.0294. The first-order chi connectivity index (χ1) is 10.8. The lowest BCUT2D eigenvalue weighted by Gasteiger charge is -2.08. The number of aromatic hydroxyl groups is 1. The molecule has 2 heterocycles. The highest BCUT2D eigenvalue weighted by molar-refractivity contribution is 7.91. The third-order valence-corrected chi connectivity index (χ3v) is 5.59. The van der Waals surface area contributed by atoms with Gasteiger partial charge in [0.25, 0.3) is 5.91 Å². The Labute approximate surface area is 133 Å². The first-order valence-corrected chi connectivity index (χ1v) is 9.03. The molecule has 8 heteroatoms. The van der Waals surface area contributed by atoms with Gasteiger partial charge in [0.1, 0.15) is 11.4 Å². The highest BCUT2D eigenvalue weighted by atomic mass is 32.2. The number of nitrogens with one attached hydrogen (secondary N) is 2. The Bertz CT molecular complexity index is 857. The Balaban J connectivity index is 1.76. The fourth-order valence-corrected chi connectivity index (χ4v) is 4.28. The van der Waals surface area contributed by atoms with Crippen molar-refractivity contribution in [3.8, 4) is 17.0 Å². The van der Waals surface area contributed by atoms with Crippen LogP contribution in [0.4, 0.5) is 0 Å². The number of sulfone groups is 1. The van der Waals surface area contributed by atoms with Crippen molar-refractivity contribution < 1.29 is 18.3 Å². The molecule has 0 saturated carbocycles. The molecule has 23 heavy (non-hydrogen) atoms. The predicted octanol–water partition coefficient (Wildman–Crippen LogP) is 1.01. The van der Waals surface area contributed by atoms with Crippen LogP contribution in [0.25, 0.3) is 11.3 Å². The van der Waals surface area contributed by atoms with Crippen LogP contribution in [0.15, 0.2) is 24.3 Å². The van der Waals surface area contributed by atoms with Crippen molar-refractivity contribution in [2.75, 3.05) is 11.5 Å². The van der Waals surface area contributed by atoms with Crippen molar-refractivity contribution in [1.29, 1.82) is 0 Å². The van der Waals surface area contributed by atoms with Crippen LogP contribution < -0.4 is 5.32 Å². The molecule has 1 fully saturated rings. The number of carbonyl (C=O) groups excluding carboxylic acids is 1. The summed E-state index contributed by atoms with van der Waals surface area (Å²) in [4.78, 5) is 12.2. The van der Waals surface area contributed by atoms with Gasteiger partial charge in [-0.3, -0.25) is 9.89 Å². The quantitative estimate of drug-likeness (QED) is 0.775. The summed E-state index contributed by atoms with van der Waals surface area (Å²) >= 11 is 0. The smallest absolute Gasteiger partial charge is 0.269 e. The molecule has 2 aromatic rings. The zero-order chi connectivity index (χ0) is 16.6. The number of nitrogens with zero attached hydrogens (tertiary/aromatic N) is 1. The summed E-state index contributed by atoms with van der Waals surface area (Å²) in [6.45, 7) is 1.89. The summed E-state index contributed by atoms with van der Waals surface area (Å²) in [6.07, 6.45) is 0.424. The SMILES string of the molecule is Cc1ccc(O)c(-c2cc(C(=O)NC3CCS(=O)(=O)C3)[nH]n2)c1. The normalized spacial score (nSPS) is 19.6. The molecule has 1 unspecified atom stereocenters. The van der Waals surface area contributed by atoms with Gasteiger partial charge in [-0.1, -0.05) is 11.6 Å². The molecule has 0 spiro atoms. The van der Waals surface area contributed by atoms with Crippen LogP contribution in [-0.4, -0.2) is 47.2 Å². The summed E-state index contributed by atoms with van der Waals surface area (Å²) in [6, 6.07) is 6.29. The maximum atomic E-state index is 12.2. The molecule has 1 aromatic carbocycles. The van der Waals surface area contributed by atoms with Gasteiger partial charge in [-0.15, -0.1) is 0 Å². The van der Waals surface area contributed by atoms with E-state index in [9.17, 15) is 18.3 Å². The average molecular weight is 335 g/mol. The van der Waals surface area contributed by atoms with Crippen molar-refractivity contribution >= 4 is 15.7 Å². The lowest BCUT2D eigenvalue weighted by Crippen LogP contribution is -2.35. The van der Waals surface area contributed by atoms with Crippen LogP contribution in [-0.2, 0) is 9.84 Å². The third-order valence-electron chi connectivity index (χ3n) is 3.82. The van der Waals surface area contributed by atoms with Crippen LogP contribution in [0.1, 0.15) is 22.5 Å². The van der Waals surface area contributed by atoms with Gasteiger partial charge >= 0.3 is 0 Å². The molecule has 7 nitrogen and oxygen atoms in total. The van der Waals surface area contributed by atoms with Gasteiger partial charge in [0.05, 0.1) is 17.2 Å². The number of carbonyl (C=O) groups is 1. The van der Waals surface area contributed by atoms with Gasteiger partial charge in [0.2, 0.25) is 0 Å². The number of rotatable bonds is 3. The Morgan fingerprint density at radius 3 is 2.87 bits per heavy atom. The monoisotopic (exact) mass is 335 g/mol. The van der Waals surface area contributed by atoms with E-state index in [4.69, 9.17) is 0 Å². The van der Waals surface area contributed by atoms with Crippen molar-refractivity contribution in [2.45, 2.75) is 19.4 Å². The summed E-state index contributed by atoms with van der Waals surface area (Å²) in [5, 5.41) is 19.3. The zero-order valence-electron chi connectivity index (χ0n) is 12.5. The molecular formula is C15H17N3O4S. The first kappa shape index (κ1) is 15.5.